The summed E-state index contributed by atoms with van der Waals surface area (Å²) in [5, 5.41) is 7.29. The molecule has 2 heterocycles. The van der Waals surface area contributed by atoms with Crippen LogP contribution in [0.1, 0.15) is 51.2 Å². The van der Waals surface area contributed by atoms with Gasteiger partial charge in [0.1, 0.15) is 5.69 Å². The van der Waals surface area contributed by atoms with E-state index in [1.807, 2.05) is 18.2 Å². The molecule has 0 spiro atoms. The Hall–Kier alpha value is -2.37. The number of nitrogens with one attached hydrogen (secondary N) is 1. The Kier molecular flexibility index (Phi) is 5.36. The number of hydrogen-bond acceptors (Lipinski definition) is 4. The number of carbonyl (C=O) groups excluding carboxylic acids is 1. The van der Waals surface area contributed by atoms with Gasteiger partial charge in [0.2, 0.25) is 0 Å². The lowest BCUT2D eigenvalue weighted by molar-refractivity contribution is 0.183. The van der Waals surface area contributed by atoms with Gasteiger partial charge in [0.25, 0.3) is 0 Å². The number of hydrogen-bond donors (Lipinski definition) is 1. The highest BCUT2D eigenvalue weighted by molar-refractivity contribution is 5.74. The van der Waals surface area contributed by atoms with Crippen LogP contribution >= 0.6 is 0 Å². The predicted molar refractivity (Wildman–Crippen MR) is 95.8 cm³/mol. The van der Waals surface area contributed by atoms with E-state index in [0.29, 0.717) is 12.3 Å². The lowest BCUT2D eigenvalue weighted by Crippen LogP contribution is -2.50. The van der Waals surface area contributed by atoms with Crippen molar-refractivity contribution in [3.8, 4) is 11.3 Å². The fourth-order valence-electron chi connectivity index (χ4n) is 3.34. The van der Waals surface area contributed by atoms with Crippen LogP contribution in [0.2, 0.25) is 0 Å². The molecular weight excluding hydrogens is 316 g/mol. The molecule has 0 aliphatic heterocycles. The molecule has 0 bridgehead atoms. The highest BCUT2D eigenvalue weighted by Crippen LogP contribution is 2.27. The topological polar surface area (TPSA) is 71.3 Å². The number of pyridine rings is 1. The second-order valence-corrected chi connectivity index (χ2v) is 7.18. The molecule has 1 aliphatic carbocycles. The quantitative estimate of drug-likeness (QED) is 0.853. The lowest BCUT2D eigenvalue weighted by atomic mass is 9.93. The molecule has 1 N–H and O–H groups in total. The molecule has 2 amide bonds. The van der Waals surface area contributed by atoms with E-state index in [1.54, 1.807) is 24.3 Å². The zero-order valence-corrected chi connectivity index (χ0v) is 15.0. The summed E-state index contributed by atoms with van der Waals surface area (Å²) in [6.45, 7) is 2.54. The van der Waals surface area contributed by atoms with E-state index in [0.717, 1.165) is 24.1 Å². The number of aromatic nitrogens is 2. The van der Waals surface area contributed by atoms with Gasteiger partial charge in [-0.15, -0.1) is 0 Å². The molecule has 0 radical (unpaired) electrons. The second kappa shape index (κ2) is 7.68. The summed E-state index contributed by atoms with van der Waals surface area (Å²) in [6.07, 6.45) is 10.4. The zero-order chi connectivity index (χ0) is 17.7. The minimum atomic E-state index is -0.106. The van der Waals surface area contributed by atoms with Gasteiger partial charge in [0.05, 0.1) is 6.54 Å². The third-order valence-corrected chi connectivity index (χ3v) is 4.89. The highest BCUT2D eigenvalue weighted by Gasteiger charge is 2.28. The molecule has 1 aliphatic rings. The van der Waals surface area contributed by atoms with Gasteiger partial charge in [-0.2, -0.15) is 0 Å². The van der Waals surface area contributed by atoms with Crippen molar-refractivity contribution in [2.75, 3.05) is 7.05 Å². The molecule has 2 aromatic heterocycles. The number of nitrogens with zero attached hydrogens (tertiary/aromatic N) is 3. The van der Waals surface area contributed by atoms with Crippen LogP contribution in [0.15, 0.2) is 35.1 Å². The van der Waals surface area contributed by atoms with Crippen molar-refractivity contribution in [1.29, 1.82) is 0 Å². The maximum atomic E-state index is 12.6. The van der Waals surface area contributed by atoms with E-state index in [-0.39, 0.29) is 11.6 Å². The minimum Gasteiger partial charge on any atom is -0.359 e. The molecule has 0 unspecified atom stereocenters. The summed E-state index contributed by atoms with van der Waals surface area (Å²) < 4.78 is 5.38. The Balaban J connectivity index is 1.59. The van der Waals surface area contributed by atoms with Crippen molar-refractivity contribution in [3.63, 3.8) is 0 Å². The van der Waals surface area contributed by atoms with Crippen molar-refractivity contribution >= 4 is 6.03 Å². The summed E-state index contributed by atoms with van der Waals surface area (Å²) >= 11 is 0. The fraction of sp³-hybridized carbons (Fsp3) is 0.526. The fourth-order valence-corrected chi connectivity index (χ4v) is 3.34. The number of urea groups is 1. The van der Waals surface area contributed by atoms with Gasteiger partial charge in [-0.05, 0) is 31.9 Å². The monoisotopic (exact) mass is 342 g/mol. The molecule has 2 aromatic rings. The lowest BCUT2D eigenvalue weighted by Gasteiger charge is -2.31. The van der Waals surface area contributed by atoms with Gasteiger partial charge in [-0.3, -0.25) is 4.98 Å². The predicted octanol–water partition coefficient (Wildman–Crippen LogP) is 3.99. The standard InChI is InChI=1S/C19H26N4O2/c1-19(9-5-3-4-6-10-19)21-18(24)23(2)14-16-13-17(22-25-16)15-7-11-20-12-8-15/h7-8,11-13H,3-6,9-10,14H2,1-2H3,(H,21,24). The Bertz CT molecular complexity index is 690. The third-order valence-electron chi connectivity index (χ3n) is 4.89. The zero-order valence-electron chi connectivity index (χ0n) is 15.0. The third kappa shape index (κ3) is 4.59. The van der Waals surface area contributed by atoms with Crippen molar-refractivity contribution < 1.29 is 9.32 Å². The number of rotatable bonds is 4. The molecule has 25 heavy (non-hydrogen) atoms. The number of carbonyl (C=O) groups is 1. The van der Waals surface area contributed by atoms with Gasteiger partial charge in [-0.1, -0.05) is 30.8 Å². The number of amides is 2. The summed E-state index contributed by atoms with van der Waals surface area (Å²) in [5.74, 6) is 0.662. The normalized spacial score (nSPS) is 16.9. The Morgan fingerprint density at radius 3 is 2.60 bits per heavy atom. The van der Waals surface area contributed by atoms with Gasteiger partial charge in [0, 0.05) is 36.6 Å². The SMILES string of the molecule is CN(Cc1cc(-c2ccncc2)no1)C(=O)NC1(C)CCCCCC1. The Labute approximate surface area is 148 Å². The van der Waals surface area contributed by atoms with E-state index in [2.05, 4.69) is 22.4 Å². The first-order valence-corrected chi connectivity index (χ1v) is 8.95. The molecule has 0 saturated heterocycles. The molecule has 0 aromatic carbocycles. The molecule has 6 heteroatoms. The first kappa shape index (κ1) is 17.5. The van der Waals surface area contributed by atoms with E-state index in [4.69, 9.17) is 4.52 Å². The van der Waals surface area contributed by atoms with Crippen LogP contribution in [0.3, 0.4) is 0 Å². The van der Waals surface area contributed by atoms with Gasteiger partial charge in [0.15, 0.2) is 5.76 Å². The average molecular weight is 342 g/mol. The molecule has 3 rings (SSSR count). The maximum Gasteiger partial charge on any atom is 0.317 e. The molecule has 6 nitrogen and oxygen atoms in total. The first-order chi connectivity index (χ1) is 12.1. The summed E-state index contributed by atoms with van der Waals surface area (Å²) in [4.78, 5) is 18.2. The van der Waals surface area contributed by atoms with Crippen LogP contribution < -0.4 is 5.32 Å². The summed E-state index contributed by atoms with van der Waals surface area (Å²) in [6, 6.07) is 5.56. The van der Waals surface area contributed by atoms with E-state index in [1.165, 1.54) is 25.7 Å². The maximum absolute atomic E-state index is 12.6. The van der Waals surface area contributed by atoms with Crippen LogP contribution in [0.25, 0.3) is 11.3 Å². The van der Waals surface area contributed by atoms with Crippen LogP contribution in [0, 0.1) is 0 Å². The van der Waals surface area contributed by atoms with Gasteiger partial charge >= 0.3 is 6.03 Å². The molecule has 1 saturated carbocycles. The highest BCUT2D eigenvalue weighted by atomic mass is 16.5. The van der Waals surface area contributed by atoms with Crippen molar-refractivity contribution in [2.24, 2.45) is 0 Å². The minimum absolute atomic E-state index is 0.0636. The van der Waals surface area contributed by atoms with E-state index < -0.39 is 0 Å². The van der Waals surface area contributed by atoms with Crippen LogP contribution in [-0.4, -0.2) is 33.7 Å². The summed E-state index contributed by atoms with van der Waals surface area (Å²) in [5.41, 5.74) is 1.59. The largest absolute Gasteiger partial charge is 0.359 e. The van der Waals surface area contributed by atoms with Gasteiger partial charge < -0.3 is 14.7 Å². The van der Waals surface area contributed by atoms with Crippen LogP contribution in [0.5, 0.6) is 0 Å². The molecule has 0 atom stereocenters. The van der Waals surface area contributed by atoms with Crippen molar-refractivity contribution in [1.82, 2.24) is 20.4 Å². The molecule has 1 fully saturated rings. The van der Waals surface area contributed by atoms with Crippen molar-refractivity contribution in [2.45, 2.75) is 57.5 Å². The average Bonchev–Trinajstić information content (AvgIpc) is 2.97. The first-order valence-electron chi connectivity index (χ1n) is 8.95. The second-order valence-electron chi connectivity index (χ2n) is 7.18. The van der Waals surface area contributed by atoms with E-state index in [9.17, 15) is 4.79 Å². The van der Waals surface area contributed by atoms with Crippen LogP contribution in [0.4, 0.5) is 4.79 Å². The smallest absolute Gasteiger partial charge is 0.317 e. The Morgan fingerprint density at radius 1 is 1.24 bits per heavy atom. The molecule has 134 valence electrons. The summed E-state index contributed by atoms with van der Waals surface area (Å²) in [7, 11) is 1.78. The van der Waals surface area contributed by atoms with Crippen LogP contribution in [-0.2, 0) is 6.54 Å². The van der Waals surface area contributed by atoms with E-state index >= 15 is 0 Å². The molecular formula is C19H26N4O2. The Morgan fingerprint density at radius 2 is 1.92 bits per heavy atom. The van der Waals surface area contributed by atoms with Crippen molar-refractivity contribution in [3.05, 3.63) is 36.4 Å². The van der Waals surface area contributed by atoms with Gasteiger partial charge in [-0.25, -0.2) is 4.79 Å².